The molecule has 0 fully saturated rings. The molecule has 5 nitrogen and oxygen atoms in total. The van der Waals surface area contributed by atoms with Crippen LogP contribution in [-0.4, -0.2) is 50.7 Å². The molecule has 1 rings (SSSR count). The van der Waals surface area contributed by atoms with E-state index in [0.717, 1.165) is 5.75 Å². The molecule has 114 valence electrons. The van der Waals surface area contributed by atoms with Crippen molar-refractivity contribution in [3.05, 3.63) is 24.3 Å². The number of hydrogen-bond acceptors (Lipinski definition) is 5. The molecule has 0 spiro atoms. The summed E-state index contributed by atoms with van der Waals surface area (Å²) in [5.74, 6) is 1.41. The summed E-state index contributed by atoms with van der Waals surface area (Å²) in [5.41, 5.74) is -0.175. The first-order valence-electron chi connectivity index (χ1n) is 6.66. The van der Waals surface area contributed by atoms with Gasteiger partial charge in [0.1, 0.15) is 24.2 Å². The summed E-state index contributed by atoms with van der Waals surface area (Å²) in [6, 6.07) is 7.31. The van der Waals surface area contributed by atoms with E-state index in [1.807, 2.05) is 32.0 Å². The molecule has 0 aliphatic rings. The largest absolute Gasteiger partial charge is 0.497 e. The van der Waals surface area contributed by atoms with Gasteiger partial charge in [0.2, 0.25) is 0 Å². The highest BCUT2D eigenvalue weighted by Gasteiger charge is 2.18. The molecule has 1 atom stereocenters. The lowest BCUT2D eigenvalue weighted by molar-refractivity contribution is 0.0813. The Morgan fingerprint density at radius 3 is 2.60 bits per heavy atom. The number of β-amino-alcohol motifs (C(OH)–C–C–N with tert-alkyl or cyclic N) is 1. The maximum absolute atomic E-state index is 9.91. The minimum Gasteiger partial charge on any atom is -0.497 e. The van der Waals surface area contributed by atoms with Gasteiger partial charge in [-0.15, -0.1) is 0 Å². The monoisotopic (exact) mass is 283 g/mol. The van der Waals surface area contributed by atoms with Crippen LogP contribution in [-0.2, 0) is 4.74 Å². The van der Waals surface area contributed by atoms with Gasteiger partial charge in [0.25, 0.3) is 0 Å². The minimum atomic E-state index is -0.586. The predicted octanol–water partition coefficient (Wildman–Crippen LogP) is 1.45. The second kappa shape index (κ2) is 8.09. The lowest BCUT2D eigenvalue weighted by Crippen LogP contribution is -2.47. The van der Waals surface area contributed by atoms with Crippen LogP contribution in [0.25, 0.3) is 0 Å². The van der Waals surface area contributed by atoms with E-state index in [1.165, 1.54) is 0 Å². The zero-order valence-electron chi connectivity index (χ0n) is 12.7. The van der Waals surface area contributed by atoms with Crippen LogP contribution in [0.1, 0.15) is 13.8 Å². The van der Waals surface area contributed by atoms with E-state index in [2.05, 4.69) is 5.32 Å². The summed E-state index contributed by atoms with van der Waals surface area (Å²) in [5, 5.41) is 13.1. The fraction of sp³-hybridized carbons (Fsp3) is 0.600. The SMILES string of the molecule is COCC(C)(C)NCC(O)COc1cccc(OC)c1. The molecule has 5 heteroatoms. The van der Waals surface area contributed by atoms with Gasteiger partial charge in [-0.2, -0.15) is 0 Å². The number of nitrogens with one attached hydrogen (secondary N) is 1. The normalized spacial score (nSPS) is 13.1. The molecule has 0 saturated carbocycles. The number of rotatable bonds is 9. The fourth-order valence-corrected chi connectivity index (χ4v) is 1.75. The Morgan fingerprint density at radius 1 is 1.25 bits per heavy atom. The van der Waals surface area contributed by atoms with Gasteiger partial charge in [-0.1, -0.05) is 6.07 Å². The van der Waals surface area contributed by atoms with Crippen LogP contribution >= 0.6 is 0 Å². The van der Waals surface area contributed by atoms with Crippen molar-refractivity contribution in [2.24, 2.45) is 0 Å². The zero-order chi connectivity index (χ0) is 15.0. The maximum Gasteiger partial charge on any atom is 0.123 e. The van der Waals surface area contributed by atoms with Crippen molar-refractivity contribution in [1.82, 2.24) is 5.32 Å². The second-order valence-corrected chi connectivity index (χ2v) is 5.34. The molecular formula is C15H25NO4. The Balaban J connectivity index is 2.34. The third-order valence-electron chi connectivity index (χ3n) is 2.81. The summed E-state index contributed by atoms with van der Waals surface area (Å²) < 4.78 is 15.8. The van der Waals surface area contributed by atoms with E-state index in [0.29, 0.717) is 18.9 Å². The zero-order valence-corrected chi connectivity index (χ0v) is 12.7. The van der Waals surface area contributed by atoms with E-state index in [1.54, 1.807) is 20.3 Å². The predicted molar refractivity (Wildman–Crippen MR) is 78.5 cm³/mol. The molecule has 0 aliphatic heterocycles. The number of aliphatic hydroxyl groups excluding tert-OH is 1. The van der Waals surface area contributed by atoms with Gasteiger partial charge in [0.05, 0.1) is 13.7 Å². The van der Waals surface area contributed by atoms with Crippen LogP contribution in [0.5, 0.6) is 11.5 Å². The van der Waals surface area contributed by atoms with Gasteiger partial charge in [-0.25, -0.2) is 0 Å². The standard InChI is InChI=1S/C15H25NO4/c1-15(2,11-18-3)16-9-12(17)10-20-14-7-5-6-13(8-14)19-4/h5-8,12,16-17H,9-11H2,1-4H3. The summed E-state index contributed by atoms with van der Waals surface area (Å²) in [6.45, 7) is 5.29. The van der Waals surface area contributed by atoms with Gasteiger partial charge in [0, 0.05) is 25.3 Å². The molecule has 0 aromatic heterocycles. The summed E-state index contributed by atoms with van der Waals surface area (Å²) in [6.07, 6.45) is -0.586. The van der Waals surface area contributed by atoms with Crippen molar-refractivity contribution in [2.75, 3.05) is 34.0 Å². The van der Waals surface area contributed by atoms with Crippen LogP contribution < -0.4 is 14.8 Å². The highest BCUT2D eigenvalue weighted by atomic mass is 16.5. The van der Waals surface area contributed by atoms with Crippen molar-refractivity contribution in [1.29, 1.82) is 0 Å². The molecule has 0 saturated heterocycles. The molecular weight excluding hydrogens is 258 g/mol. The van der Waals surface area contributed by atoms with Crippen LogP contribution in [0.2, 0.25) is 0 Å². The van der Waals surface area contributed by atoms with E-state index < -0.39 is 6.10 Å². The third-order valence-corrected chi connectivity index (χ3v) is 2.81. The van der Waals surface area contributed by atoms with E-state index >= 15 is 0 Å². The van der Waals surface area contributed by atoms with Gasteiger partial charge in [-0.3, -0.25) is 0 Å². The Bertz CT molecular complexity index is 395. The fourth-order valence-electron chi connectivity index (χ4n) is 1.75. The van der Waals surface area contributed by atoms with Crippen LogP contribution in [0.3, 0.4) is 0 Å². The molecule has 0 aliphatic carbocycles. The molecule has 2 N–H and O–H groups in total. The smallest absolute Gasteiger partial charge is 0.123 e. The van der Waals surface area contributed by atoms with Crippen molar-refractivity contribution < 1.29 is 19.3 Å². The molecule has 0 heterocycles. The van der Waals surface area contributed by atoms with Gasteiger partial charge < -0.3 is 24.6 Å². The molecule has 1 unspecified atom stereocenters. The molecule has 0 amide bonds. The molecule has 1 aromatic rings. The Labute approximate surface area is 120 Å². The quantitative estimate of drug-likeness (QED) is 0.718. The number of hydrogen-bond donors (Lipinski definition) is 2. The number of methoxy groups -OCH3 is 2. The molecule has 1 aromatic carbocycles. The Kier molecular flexibility index (Phi) is 6.78. The van der Waals surface area contributed by atoms with Gasteiger partial charge in [0.15, 0.2) is 0 Å². The molecule has 0 bridgehead atoms. The van der Waals surface area contributed by atoms with Crippen molar-refractivity contribution in [3.8, 4) is 11.5 Å². The summed E-state index contributed by atoms with van der Waals surface area (Å²) in [4.78, 5) is 0. The van der Waals surface area contributed by atoms with E-state index in [9.17, 15) is 5.11 Å². The van der Waals surface area contributed by atoms with E-state index in [4.69, 9.17) is 14.2 Å². The number of benzene rings is 1. The minimum absolute atomic E-state index is 0.175. The number of aliphatic hydroxyl groups is 1. The highest BCUT2D eigenvalue weighted by molar-refractivity contribution is 5.32. The second-order valence-electron chi connectivity index (χ2n) is 5.34. The molecule has 0 radical (unpaired) electrons. The maximum atomic E-state index is 9.91. The van der Waals surface area contributed by atoms with Crippen molar-refractivity contribution in [2.45, 2.75) is 25.5 Å². The first-order valence-corrected chi connectivity index (χ1v) is 6.66. The van der Waals surface area contributed by atoms with Crippen molar-refractivity contribution in [3.63, 3.8) is 0 Å². The average molecular weight is 283 g/mol. The lowest BCUT2D eigenvalue weighted by Gasteiger charge is -2.26. The third kappa shape index (κ3) is 6.23. The van der Waals surface area contributed by atoms with Crippen molar-refractivity contribution >= 4 is 0 Å². The van der Waals surface area contributed by atoms with Gasteiger partial charge in [-0.05, 0) is 26.0 Å². The van der Waals surface area contributed by atoms with Crippen LogP contribution in [0.15, 0.2) is 24.3 Å². The average Bonchev–Trinajstić information content (AvgIpc) is 2.43. The summed E-state index contributed by atoms with van der Waals surface area (Å²) in [7, 11) is 3.27. The first kappa shape index (κ1) is 16.8. The Hall–Kier alpha value is -1.30. The highest BCUT2D eigenvalue weighted by Crippen LogP contribution is 2.18. The first-order chi connectivity index (χ1) is 9.46. The lowest BCUT2D eigenvalue weighted by atomic mass is 10.1. The Morgan fingerprint density at radius 2 is 1.95 bits per heavy atom. The van der Waals surface area contributed by atoms with Gasteiger partial charge >= 0.3 is 0 Å². The number of ether oxygens (including phenoxy) is 3. The van der Waals surface area contributed by atoms with E-state index in [-0.39, 0.29) is 12.1 Å². The molecule has 20 heavy (non-hydrogen) atoms. The van der Waals surface area contributed by atoms with Crippen LogP contribution in [0, 0.1) is 0 Å². The summed E-state index contributed by atoms with van der Waals surface area (Å²) >= 11 is 0. The van der Waals surface area contributed by atoms with Crippen LogP contribution in [0.4, 0.5) is 0 Å². The topological polar surface area (TPSA) is 60.0 Å².